The standard InChI is InChI=1S/4CH4O.Ca.ClH.2H/c4*1-2;;;;/h4*2H,1H3;;1H;;. The zero-order valence-corrected chi connectivity index (χ0v) is 7.01. The summed E-state index contributed by atoms with van der Waals surface area (Å²) in [5, 5.41) is 28.0. The summed E-state index contributed by atoms with van der Waals surface area (Å²) in [6.07, 6.45) is 0. The maximum absolute atomic E-state index is 7.00. The maximum atomic E-state index is 7.00. The van der Waals surface area contributed by atoms with Crippen LogP contribution in [-0.2, 0) is 0 Å². The van der Waals surface area contributed by atoms with Gasteiger partial charge in [-0.05, 0) is 0 Å². The van der Waals surface area contributed by atoms with Crippen molar-refractivity contribution in [1.29, 1.82) is 0 Å². The fraction of sp³-hybridized carbons (Fsp3) is 1.00. The summed E-state index contributed by atoms with van der Waals surface area (Å²) >= 11 is 0. The molecule has 0 saturated heterocycles. The quantitative estimate of drug-likeness (QED) is 0.344. The zero-order valence-electron chi connectivity index (χ0n) is 6.20. The molecule has 0 radical (unpaired) electrons. The Balaban J connectivity index is -0.00000000500. The molecule has 6 heteroatoms. The molecule has 0 unspecified atom stereocenters. The third kappa shape index (κ3) is 342. The molecule has 0 aromatic rings. The fourth-order valence-corrected chi connectivity index (χ4v) is 0. The Morgan fingerprint density at radius 3 is 0.500 bits per heavy atom. The average Bonchev–Trinajstić information content (AvgIpc) is 2.03. The van der Waals surface area contributed by atoms with Gasteiger partial charge in [0.1, 0.15) is 0 Å². The van der Waals surface area contributed by atoms with E-state index in [2.05, 4.69) is 0 Å². The molecule has 0 aliphatic heterocycles. The number of aliphatic hydroxyl groups excluding tert-OH is 4. The van der Waals surface area contributed by atoms with Gasteiger partial charge in [0.25, 0.3) is 0 Å². The summed E-state index contributed by atoms with van der Waals surface area (Å²) in [5.41, 5.74) is 0. The molecule has 0 atom stereocenters. The van der Waals surface area contributed by atoms with Crippen molar-refractivity contribution in [1.82, 2.24) is 0 Å². The third-order valence-corrected chi connectivity index (χ3v) is 0. The summed E-state index contributed by atoms with van der Waals surface area (Å²) in [4.78, 5) is 0. The summed E-state index contributed by atoms with van der Waals surface area (Å²) in [6, 6.07) is 0. The summed E-state index contributed by atoms with van der Waals surface area (Å²) in [5.74, 6) is 0. The molecule has 0 heterocycles. The van der Waals surface area contributed by atoms with E-state index in [9.17, 15) is 0 Å². The van der Waals surface area contributed by atoms with Crippen molar-refractivity contribution in [3.63, 3.8) is 0 Å². The Kier molecular flexibility index (Phi) is 2010. The number of rotatable bonds is 0. The van der Waals surface area contributed by atoms with Crippen LogP contribution in [0.3, 0.4) is 0 Å². The summed E-state index contributed by atoms with van der Waals surface area (Å²) in [6.45, 7) is 0. The minimum absolute atomic E-state index is 0. The van der Waals surface area contributed by atoms with Crippen LogP contribution < -0.4 is 0 Å². The van der Waals surface area contributed by atoms with Crippen molar-refractivity contribution in [3.05, 3.63) is 0 Å². The van der Waals surface area contributed by atoms with Gasteiger partial charge in [-0.1, -0.05) is 0 Å². The SMILES string of the molecule is CO.CO.CO.CO.Cl.[CaH2]. The molecular weight excluding hydrogens is 188 g/mol. The molecule has 0 amide bonds. The minimum atomic E-state index is 0. The van der Waals surface area contributed by atoms with Gasteiger partial charge in [0.05, 0.1) is 0 Å². The number of hydrogen-bond donors (Lipinski definition) is 4. The molecular formula is C4H19CaClO4. The van der Waals surface area contributed by atoms with Crippen molar-refractivity contribution >= 4 is 50.1 Å². The third-order valence-electron chi connectivity index (χ3n) is 0. The average molecular weight is 207 g/mol. The molecule has 0 spiro atoms. The van der Waals surface area contributed by atoms with Crippen LogP contribution in [0.25, 0.3) is 0 Å². The monoisotopic (exact) mass is 206 g/mol. The number of aliphatic hydroxyl groups is 4. The first kappa shape index (κ1) is 42.3. The molecule has 4 N–H and O–H groups in total. The fourth-order valence-electron chi connectivity index (χ4n) is 0. The van der Waals surface area contributed by atoms with Gasteiger partial charge in [-0.25, -0.2) is 0 Å². The zero-order chi connectivity index (χ0) is 8.00. The van der Waals surface area contributed by atoms with Gasteiger partial charge in [0.2, 0.25) is 0 Å². The van der Waals surface area contributed by atoms with Gasteiger partial charge in [0.15, 0.2) is 0 Å². The van der Waals surface area contributed by atoms with Crippen LogP contribution in [0.5, 0.6) is 0 Å². The first-order valence-electron chi connectivity index (χ1n) is 1.79. The molecule has 4 nitrogen and oxygen atoms in total. The van der Waals surface area contributed by atoms with Crippen molar-refractivity contribution < 1.29 is 20.4 Å². The molecule has 0 aromatic heterocycles. The molecule has 10 heavy (non-hydrogen) atoms. The van der Waals surface area contributed by atoms with E-state index in [0.29, 0.717) is 0 Å². The Hall–Kier alpha value is 1.39. The molecule has 0 rings (SSSR count). The second kappa shape index (κ2) is 474. The molecule has 0 aliphatic rings. The van der Waals surface area contributed by atoms with E-state index in [-0.39, 0.29) is 50.1 Å². The first-order valence-corrected chi connectivity index (χ1v) is 1.79. The predicted molar refractivity (Wildman–Crippen MR) is 48.4 cm³/mol. The summed E-state index contributed by atoms with van der Waals surface area (Å²) < 4.78 is 0. The van der Waals surface area contributed by atoms with Crippen LogP contribution in [0.15, 0.2) is 0 Å². The van der Waals surface area contributed by atoms with E-state index in [0.717, 1.165) is 28.4 Å². The second-order valence-electron chi connectivity index (χ2n) is 0. The molecule has 0 fully saturated rings. The van der Waals surface area contributed by atoms with Crippen molar-refractivity contribution in [3.8, 4) is 0 Å². The number of hydrogen-bond acceptors (Lipinski definition) is 4. The first-order chi connectivity index (χ1) is 4.00. The topological polar surface area (TPSA) is 80.9 Å². The van der Waals surface area contributed by atoms with Gasteiger partial charge in [-0.15, -0.1) is 12.4 Å². The Bertz CT molecular complexity index is 17.2. The van der Waals surface area contributed by atoms with Gasteiger partial charge < -0.3 is 20.4 Å². The van der Waals surface area contributed by atoms with Gasteiger partial charge >= 0.3 is 37.7 Å². The molecule has 0 aliphatic carbocycles. The normalized spacial score (nSPS) is 2.40. The van der Waals surface area contributed by atoms with Crippen LogP contribution in [0.2, 0.25) is 0 Å². The van der Waals surface area contributed by atoms with Crippen LogP contribution >= 0.6 is 12.4 Å². The van der Waals surface area contributed by atoms with Crippen LogP contribution in [-0.4, -0.2) is 86.6 Å². The number of halogens is 1. The van der Waals surface area contributed by atoms with E-state index >= 15 is 0 Å². The molecule has 0 bridgehead atoms. The molecule has 0 aromatic carbocycles. The van der Waals surface area contributed by atoms with Crippen molar-refractivity contribution in [2.24, 2.45) is 0 Å². The van der Waals surface area contributed by atoms with E-state index in [1.807, 2.05) is 0 Å². The van der Waals surface area contributed by atoms with Gasteiger partial charge in [0, 0.05) is 28.4 Å². The van der Waals surface area contributed by atoms with Crippen molar-refractivity contribution in [2.75, 3.05) is 28.4 Å². The van der Waals surface area contributed by atoms with E-state index in [4.69, 9.17) is 20.4 Å². The second-order valence-corrected chi connectivity index (χ2v) is 0. The Morgan fingerprint density at radius 1 is 0.500 bits per heavy atom. The Labute approximate surface area is 98.3 Å². The van der Waals surface area contributed by atoms with Gasteiger partial charge in [-0.2, -0.15) is 0 Å². The molecule has 0 saturated carbocycles. The van der Waals surface area contributed by atoms with Crippen molar-refractivity contribution in [2.45, 2.75) is 0 Å². The Morgan fingerprint density at radius 2 is 0.500 bits per heavy atom. The predicted octanol–water partition coefficient (Wildman–Crippen LogP) is -2.06. The van der Waals surface area contributed by atoms with Crippen LogP contribution in [0.4, 0.5) is 0 Å². The summed E-state index contributed by atoms with van der Waals surface area (Å²) in [7, 11) is 4.00. The van der Waals surface area contributed by atoms with Gasteiger partial charge in [-0.3, -0.25) is 0 Å². The van der Waals surface area contributed by atoms with E-state index < -0.39 is 0 Å². The van der Waals surface area contributed by atoms with E-state index in [1.54, 1.807) is 0 Å². The molecule has 68 valence electrons. The van der Waals surface area contributed by atoms with Crippen LogP contribution in [0, 0.1) is 0 Å². The van der Waals surface area contributed by atoms with E-state index in [1.165, 1.54) is 0 Å². The van der Waals surface area contributed by atoms with Crippen LogP contribution in [0.1, 0.15) is 0 Å².